The lowest BCUT2D eigenvalue weighted by atomic mass is 10.0. The smallest absolute Gasteiger partial charge is 0.253 e. The van der Waals surface area contributed by atoms with Gasteiger partial charge in [-0.3, -0.25) is 14.6 Å². The van der Waals surface area contributed by atoms with Crippen LogP contribution in [0.25, 0.3) is 10.9 Å². The largest absolute Gasteiger partial charge is 0.352 e. The minimum Gasteiger partial charge on any atom is -0.352 e. The molecule has 1 atom stereocenters. The van der Waals surface area contributed by atoms with Crippen LogP contribution in [-0.4, -0.2) is 40.8 Å². The average Bonchev–Trinajstić information content (AvgIpc) is 3.46. The van der Waals surface area contributed by atoms with Gasteiger partial charge in [-0.25, -0.2) is 0 Å². The van der Waals surface area contributed by atoms with Crippen LogP contribution in [0.5, 0.6) is 0 Å². The molecule has 0 spiro atoms. The minimum absolute atomic E-state index is 0.0471. The molecule has 2 heterocycles. The van der Waals surface area contributed by atoms with Crippen molar-refractivity contribution < 1.29 is 9.59 Å². The zero-order chi connectivity index (χ0) is 19.5. The molecule has 1 aliphatic carbocycles. The summed E-state index contributed by atoms with van der Waals surface area (Å²) in [7, 11) is 0. The maximum Gasteiger partial charge on any atom is 0.253 e. The second kappa shape index (κ2) is 8.29. The number of aromatic nitrogens is 1. The topological polar surface area (TPSA) is 62.3 Å². The quantitative estimate of drug-likeness (QED) is 0.878. The van der Waals surface area contributed by atoms with Crippen molar-refractivity contribution in [3.63, 3.8) is 0 Å². The Bertz CT molecular complexity index is 875. The van der Waals surface area contributed by atoms with E-state index in [9.17, 15) is 9.59 Å². The first-order valence-electron chi connectivity index (χ1n) is 10.5. The normalized spacial score (nSPS) is 20.5. The molecule has 1 saturated heterocycles. The lowest BCUT2D eigenvalue weighted by Crippen LogP contribution is -2.47. The molecule has 2 aliphatic rings. The predicted molar refractivity (Wildman–Crippen MR) is 110 cm³/mol. The van der Waals surface area contributed by atoms with Crippen LogP contribution in [0, 0.1) is 12.8 Å². The van der Waals surface area contributed by atoms with Crippen molar-refractivity contribution in [1.29, 1.82) is 0 Å². The van der Waals surface area contributed by atoms with Gasteiger partial charge in [0.25, 0.3) is 5.91 Å². The monoisotopic (exact) mass is 379 g/mol. The Morgan fingerprint density at radius 3 is 2.79 bits per heavy atom. The molecular weight excluding hydrogens is 350 g/mol. The molecule has 1 unspecified atom stereocenters. The van der Waals surface area contributed by atoms with Crippen molar-refractivity contribution in [1.82, 2.24) is 15.2 Å². The molecule has 0 bridgehead atoms. The van der Waals surface area contributed by atoms with Gasteiger partial charge in [-0.05, 0) is 62.8 Å². The first-order valence-corrected chi connectivity index (χ1v) is 10.5. The number of hydrogen-bond donors (Lipinski definition) is 1. The molecule has 4 rings (SSSR count). The fraction of sp³-hybridized carbons (Fsp3) is 0.522. The van der Waals surface area contributed by atoms with E-state index in [1.54, 1.807) is 0 Å². The summed E-state index contributed by atoms with van der Waals surface area (Å²) < 4.78 is 0. The van der Waals surface area contributed by atoms with Crippen LogP contribution in [0.1, 0.15) is 61.0 Å². The van der Waals surface area contributed by atoms with Gasteiger partial charge in [-0.15, -0.1) is 0 Å². The summed E-state index contributed by atoms with van der Waals surface area (Å²) in [5.41, 5.74) is 2.58. The molecular formula is C23H29N3O2. The molecule has 1 aromatic heterocycles. The summed E-state index contributed by atoms with van der Waals surface area (Å²) in [6.07, 6.45) is 7.17. The number of hydrogen-bond acceptors (Lipinski definition) is 3. The van der Waals surface area contributed by atoms with Crippen LogP contribution in [-0.2, 0) is 4.79 Å². The molecule has 1 saturated carbocycles. The summed E-state index contributed by atoms with van der Waals surface area (Å²) in [6, 6.07) is 9.77. The number of carbonyl (C=O) groups is 2. The van der Waals surface area contributed by atoms with Crippen LogP contribution in [0.15, 0.2) is 30.3 Å². The zero-order valence-corrected chi connectivity index (χ0v) is 16.6. The highest BCUT2D eigenvalue weighted by atomic mass is 16.2. The molecule has 1 aliphatic heterocycles. The highest BCUT2D eigenvalue weighted by Gasteiger charge is 2.27. The first kappa shape index (κ1) is 18.9. The van der Waals surface area contributed by atoms with Crippen molar-refractivity contribution in [2.75, 3.05) is 13.1 Å². The van der Waals surface area contributed by atoms with E-state index in [0.29, 0.717) is 24.4 Å². The first-order chi connectivity index (χ1) is 13.6. The fourth-order valence-electron chi connectivity index (χ4n) is 4.03. The Hall–Kier alpha value is -2.43. The van der Waals surface area contributed by atoms with E-state index in [2.05, 4.69) is 10.3 Å². The van der Waals surface area contributed by atoms with E-state index >= 15 is 0 Å². The van der Waals surface area contributed by atoms with Gasteiger partial charge in [0.1, 0.15) is 0 Å². The minimum atomic E-state index is 0.0471. The van der Waals surface area contributed by atoms with Crippen molar-refractivity contribution in [2.24, 2.45) is 5.92 Å². The zero-order valence-electron chi connectivity index (χ0n) is 16.6. The van der Waals surface area contributed by atoms with Crippen LogP contribution in [0.3, 0.4) is 0 Å². The number of fused-ring (bicyclic) bond motifs is 1. The maximum absolute atomic E-state index is 13.2. The van der Waals surface area contributed by atoms with Crippen molar-refractivity contribution in [2.45, 2.75) is 57.9 Å². The van der Waals surface area contributed by atoms with E-state index in [4.69, 9.17) is 0 Å². The number of amides is 2. The summed E-state index contributed by atoms with van der Waals surface area (Å²) >= 11 is 0. The van der Waals surface area contributed by atoms with Crippen molar-refractivity contribution in [3.8, 4) is 0 Å². The van der Waals surface area contributed by atoms with Crippen LogP contribution < -0.4 is 5.32 Å². The van der Waals surface area contributed by atoms with Gasteiger partial charge in [0.05, 0.1) is 5.52 Å². The van der Waals surface area contributed by atoms with E-state index in [-0.39, 0.29) is 17.9 Å². The van der Waals surface area contributed by atoms with Crippen molar-refractivity contribution in [3.05, 3.63) is 41.6 Å². The van der Waals surface area contributed by atoms with Gasteiger partial charge < -0.3 is 10.2 Å². The second-order valence-corrected chi connectivity index (χ2v) is 8.37. The van der Waals surface area contributed by atoms with Gasteiger partial charge in [-0.1, -0.05) is 18.9 Å². The molecule has 2 aromatic rings. The van der Waals surface area contributed by atoms with E-state index in [0.717, 1.165) is 48.8 Å². The lowest BCUT2D eigenvalue weighted by Gasteiger charge is -2.31. The number of benzene rings is 1. The van der Waals surface area contributed by atoms with Gasteiger partial charge in [0.15, 0.2) is 0 Å². The molecule has 2 amide bonds. The number of aryl methyl sites for hydroxylation is 1. The van der Waals surface area contributed by atoms with Crippen molar-refractivity contribution >= 4 is 22.7 Å². The molecule has 1 N–H and O–H groups in total. The Labute approximate surface area is 166 Å². The summed E-state index contributed by atoms with van der Waals surface area (Å²) in [5, 5.41) is 4.17. The third-order valence-electron chi connectivity index (χ3n) is 5.82. The van der Waals surface area contributed by atoms with Gasteiger partial charge >= 0.3 is 0 Å². The molecule has 0 radical (unpaired) electrons. The third-order valence-corrected chi connectivity index (χ3v) is 5.82. The number of nitrogens with one attached hydrogen (secondary N) is 1. The Balaban J connectivity index is 1.47. The molecule has 148 valence electrons. The number of carbonyl (C=O) groups excluding carboxylic acids is 2. The van der Waals surface area contributed by atoms with Gasteiger partial charge in [0, 0.05) is 42.2 Å². The van der Waals surface area contributed by atoms with Gasteiger partial charge in [-0.2, -0.15) is 0 Å². The lowest BCUT2D eigenvalue weighted by molar-refractivity contribution is -0.122. The standard InChI is InChI=1S/C23H29N3O2/c1-16-6-9-18-14-19(10-11-21(18)24-16)23(28)26-12-4-2-3-5-20(15-26)25-22(27)13-17-7-8-17/h6,9-11,14,17,20H,2-5,7-8,12-13,15H2,1H3,(H,25,27). The van der Waals surface area contributed by atoms with E-state index in [1.165, 1.54) is 12.8 Å². The fourth-order valence-corrected chi connectivity index (χ4v) is 4.03. The number of pyridine rings is 1. The second-order valence-electron chi connectivity index (χ2n) is 8.37. The summed E-state index contributed by atoms with van der Waals surface area (Å²) in [5.74, 6) is 0.777. The average molecular weight is 380 g/mol. The molecule has 5 nitrogen and oxygen atoms in total. The number of nitrogens with zero attached hydrogens (tertiary/aromatic N) is 2. The Morgan fingerprint density at radius 1 is 1.11 bits per heavy atom. The van der Waals surface area contributed by atoms with Crippen LogP contribution >= 0.6 is 0 Å². The molecule has 2 fully saturated rings. The molecule has 1 aromatic carbocycles. The number of rotatable bonds is 4. The van der Waals surface area contributed by atoms with E-state index in [1.807, 2.05) is 42.2 Å². The third kappa shape index (κ3) is 4.70. The SMILES string of the molecule is Cc1ccc2cc(C(=O)N3CCCCCC(NC(=O)CC4CC4)C3)ccc2n1. The summed E-state index contributed by atoms with van der Waals surface area (Å²) in [6.45, 7) is 3.31. The van der Waals surface area contributed by atoms with Crippen LogP contribution in [0.4, 0.5) is 0 Å². The highest BCUT2D eigenvalue weighted by Crippen LogP contribution is 2.32. The maximum atomic E-state index is 13.2. The molecule has 28 heavy (non-hydrogen) atoms. The predicted octanol–water partition coefficient (Wildman–Crippen LogP) is 3.84. The Morgan fingerprint density at radius 2 is 1.96 bits per heavy atom. The highest BCUT2D eigenvalue weighted by molar-refractivity contribution is 5.98. The number of likely N-dealkylation sites (tertiary alicyclic amines) is 1. The van der Waals surface area contributed by atoms with Crippen LogP contribution in [0.2, 0.25) is 0 Å². The van der Waals surface area contributed by atoms with E-state index < -0.39 is 0 Å². The summed E-state index contributed by atoms with van der Waals surface area (Å²) in [4.78, 5) is 31.9. The molecule has 5 heteroatoms. The Kier molecular flexibility index (Phi) is 5.60. The van der Waals surface area contributed by atoms with Gasteiger partial charge in [0.2, 0.25) is 5.91 Å².